The first-order valence-corrected chi connectivity index (χ1v) is 6.59. The lowest BCUT2D eigenvalue weighted by atomic mass is 10.2. The van der Waals surface area contributed by atoms with Gasteiger partial charge in [0.25, 0.3) is 5.91 Å². The molecule has 0 radical (unpaired) electrons. The number of rotatable bonds is 2. The zero-order valence-corrected chi connectivity index (χ0v) is 12.5. The highest BCUT2D eigenvalue weighted by Crippen LogP contribution is 2.26. The van der Waals surface area contributed by atoms with Crippen LogP contribution in [0.15, 0.2) is 24.3 Å². The van der Waals surface area contributed by atoms with E-state index in [-0.39, 0.29) is 16.6 Å². The summed E-state index contributed by atoms with van der Waals surface area (Å²) in [5.74, 6) is -0.382. The van der Waals surface area contributed by atoms with Gasteiger partial charge in [-0.15, -0.1) is 0 Å². The predicted octanol–water partition coefficient (Wildman–Crippen LogP) is 4.11. The van der Waals surface area contributed by atoms with Crippen LogP contribution in [-0.4, -0.2) is 10.5 Å². The quantitative estimate of drug-likeness (QED) is 0.902. The van der Waals surface area contributed by atoms with Crippen molar-refractivity contribution in [2.45, 2.75) is 0 Å². The smallest absolute Gasteiger partial charge is 0.272 e. The van der Waals surface area contributed by atoms with Crippen LogP contribution in [0, 0.1) is 11.3 Å². The van der Waals surface area contributed by atoms with E-state index < -0.39 is 0 Å². The average molecular weight is 329 g/mol. The summed E-state index contributed by atoms with van der Waals surface area (Å²) < 4.78 is 1.47. The van der Waals surface area contributed by atoms with Crippen LogP contribution in [0.25, 0.3) is 0 Å². The lowest BCUT2D eigenvalue weighted by Gasteiger charge is -2.07. The molecule has 0 bridgehead atoms. The molecule has 1 aromatic carbocycles. The van der Waals surface area contributed by atoms with Gasteiger partial charge < -0.3 is 9.88 Å². The molecule has 0 atom stereocenters. The van der Waals surface area contributed by atoms with Gasteiger partial charge in [0, 0.05) is 12.7 Å². The number of halogens is 3. The van der Waals surface area contributed by atoms with Gasteiger partial charge in [-0.25, -0.2) is 0 Å². The minimum Gasteiger partial charge on any atom is -0.329 e. The lowest BCUT2D eigenvalue weighted by molar-refractivity contribution is 0.101. The number of benzene rings is 1. The number of aromatic nitrogens is 1. The van der Waals surface area contributed by atoms with Gasteiger partial charge in [0.2, 0.25) is 0 Å². The highest BCUT2D eigenvalue weighted by atomic mass is 35.5. The molecule has 0 aliphatic heterocycles. The monoisotopic (exact) mass is 327 g/mol. The Morgan fingerprint density at radius 2 is 1.95 bits per heavy atom. The number of carbonyl (C=O) groups is 1. The van der Waals surface area contributed by atoms with Gasteiger partial charge in [0.15, 0.2) is 0 Å². The fraction of sp³-hybridized carbons (Fsp3) is 0.0769. The third-order valence-corrected chi connectivity index (χ3v) is 3.87. The van der Waals surface area contributed by atoms with Crippen molar-refractivity contribution in [2.24, 2.45) is 7.05 Å². The Kier molecular flexibility index (Phi) is 4.24. The predicted molar refractivity (Wildman–Crippen MR) is 79.6 cm³/mol. The second-order valence-electron chi connectivity index (χ2n) is 3.99. The van der Waals surface area contributed by atoms with Crippen molar-refractivity contribution in [1.82, 2.24) is 4.57 Å². The molecule has 4 nitrogen and oxygen atoms in total. The van der Waals surface area contributed by atoms with E-state index in [9.17, 15) is 4.79 Å². The second-order valence-corrected chi connectivity index (χ2v) is 5.16. The van der Waals surface area contributed by atoms with E-state index in [1.807, 2.05) is 6.07 Å². The van der Waals surface area contributed by atoms with Crippen molar-refractivity contribution in [2.75, 3.05) is 5.32 Å². The SMILES string of the molecule is Cn1c(C(=O)Nc2ccc(Cl)c(C#N)c2)cc(Cl)c1Cl. The topological polar surface area (TPSA) is 57.8 Å². The average Bonchev–Trinajstić information content (AvgIpc) is 2.68. The van der Waals surface area contributed by atoms with E-state index in [1.165, 1.54) is 16.7 Å². The van der Waals surface area contributed by atoms with E-state index in [1.54, 1.807) is 19.2 Å². The largest absolute Gasteiger partial charge is 0.329 e. The molecule has 0 unspecified atom stereocenters. The van der Waals surface area contributed by atoms with E-state index in [4.69, 9.17) is 40.1 Å². The van der Waals surface area contributed by atoms with Crippen molar-refractivity contribution in [3.63, 3.8) is 0 Å². The van der Waals surface area contributed by atoms with Gasteiger partial charge in [0.05, 0.1) is 15.6 Å². The Hall–Kier alpha value is -1.67. The Morgan fingerprint density at radius 1 is 1.25 bits per heavy atom. The van der Waals surface area contributed by atoms with Gasteiger partial charge in [-0.2, -0.15) is 5.26 Å². The fourth-order valence-corrected chi connectivity index (χ4v) is 2.18. The molecule has 2 rings (SSSR count). The molecule has 0 fully saturated rings. The van der Waals surface area contributed by atoms with Crippen LogP contribution in [0.1, 0.15) is 16.1 Å². The summed E-state index contributed by atoms with van der Waals surface area (Å²) in [4.78, 5) is 12.1. The molecule has 1 N–H and O–H groups in total. The minimum absolute atomic E-state index is 0.283. The summed E-state index contributed by atoms with van der Waals surface area (Å²) in [6, 6.07) is 8.05. The molecule has 0 aliphatic rings. The molecule has 0 saturated heterocycles. The molecule has 102 valence electrons. The van der Waals surface area contributed by atoms with Gasteiger partial charge >= 0.3 is 0 Å². The highest BCUT2D eigenvalue weighted by molar-refractivity contribution is 6.42. The normalized spacial score (nSPS) is 10.2. The zero-order chi connectivity index (χ0) is 14.9. The number of nitriles is 1. The molecular weight excluding hydrogens is 321 g/mol. The minimum atomic E-state index is -0.382. The summed E-state index contributed by atoms with van der Waals surface area (Å²) in [7, 11) is 1.63. The first-order chi connectivity index (χ1) is 9.43. The standard InChI is InChI=1S/C13H8Cl3N3O/c1-19-11(5-10(15)12(19)16)13(20)18-8-2-3-9(14)7(4-8)6-17/h2-5H,1H3,(H,18,20). The van der Waals surface area contributed by atoms with Gasteiger partial charge in [-0.05, 0) is 24.3 Å². The number of hydrogen-bond donors (Lipinski definition) is 1. The first kappa shape index (κ1) is 14.7. The molecule has 0 aliphatic carbocycles. The maximum atomic E-state index is 12.1. The van der Waals surface area contributed by atoms with Crippen LogP contribution < -0.4 is 5.32 Å². The summed E-state index contributed by atoms with van der Waals surface area (Å²) in [5.41, 5.74) is 1.06. The Labute approximate surface area is 130 Å². The molecule has 0 spiro atoms. The Bertz CT molecular complexity index is 731. The van der Waals surface area contributed by atoms with Gasteiger partial charge in [0.1, 0.15) is 16.9 Å². The summed E-state index contributed by atoms with van der Waals surface area (Å²) in [6.45, 7) is 0. The summed E-state index contributed by atoms with van der Waals surface area (Å²) in [5, 5.41) is 12.5. The number of anilines is 1. The van der Waals surface area contributed by atoms with Crippen LogP contribution in [0.2, 0.25) is 15.2 Å². The van der Waals surface area contributed by atoms with Crippen molar-refractivity contribution in [1.29, 1.82) is 5.26 Å². The van der Waals surface area contributed by atoms with Crippen LogP contribution in [0.5, 0.6) is 0 Å². The van der Waals surface area contributed by atoms with Crippen LogP contribution in [0.4, 0.5) is 5.69 Å². The lowest BCUT2D eigenvalue weighted by Crippen LogP contribution is -2.15. The third kappa shape index (κ3) is 2.75. The van der Waals surface area contributed by atoms with Crippen molar-refractivity contribution >= 4 is 46.4 Å². The molecule has 0 saturated carbocycles. The van der Waals surface area contributed by atoms with Crippen LogP contribution in [-0.2, 0) is 7.05 Å². The molecule has 1 amide bonds. The first-order valence-electron chi connectivity index (χ1n) is 5.45. The van der Waals surface area contributed by atoms with Crippen LogP contribution in [0.3, 0.4) is 0 Å². The number of nitrogens with one attached hydrogen (secondary N) is 1. The molecule has 7 heteroatoms. The Balaban J connectivity index is 2.28. The molecule has 20 heavy (non-hydrogen) atoms. The van der Waals surface area contributed by atoms with Crippen molar-refractivity contribution in [3.8, 4) is 6.07 Å². The number of hydrogen-bond acceptors (Lipinski definition) is 2. The number of nitrogens with zero attached hydrogens (tertiary/aromatic N) is 2. The zero-order valence-electron chi connectivity index (χ0n) is 10.2. The van der Waals surface area contributed by atoms with Crippen molar-refractivity contribution < 1.29 is 4.79 Å². The van der Waals surface area contributed by atoms with Gasteiger partial charge in [-0.3, -0.25) is 4.79 Å². The van der Waals surface area contributed by atoms with E-state index in [0.717, 1.165) is 0 Å². The highest BCUT2D eigenvalue weighted by Gasteiger charge is 2.16. The second kappa shape index (κ2) is 5.76. The maximum Gasteiger partial charge on any atom is 0.272 e. The van der Waals surface area contributed by atoms with Crippen LogP contribution >= 0.6 is 34.8 Å². The maximum absolute atomic E-state index is 12.1. The Morgan fingerprint density at radius 3 is 2.50 bits per heavy atom. The molecule has 1 aromatic heterocycles. The fourth-order valence-electron chi connectivity index (χ4n) is 1.64. The van der Waals surface area contributed by atoms with E-state index in [2.05, 4.69) is 5.32 Å². The van der Waals surface area contributed by atoms with Gasteiger partial charge in [-0.1, -0.05) is 34.8 Å². The van der Waals surface area contributed by atoms with E-state index in [0.29, 0.717) is 21.4 Å². The molecular formula is C13H8Cl3N3O. The summed E-state index contributed by atoms with van der Waals surface area (Å²) >= 11 is 17.6. The number of amides is 1. The van der Waals surface area contributed by atoms with Crippen molar-refractivity contribution in [3.05, 3.63) is 50.7 Å². The third-order valence-electron chi connectivity index (χ3n) is 2.69. The van der Waals surface area contributed by atoms with E-state index >= 15 is 0 Å². The molecule has 2 aromatic rings. The molecule has 1 heterocycles. The summed E-state index contributed by atoms with van der Waals surface area (Å²) in [6.07, 6.45) is 0. The number of carbonyl (C=O) groups excluding carboxylic acids is 1.